The molecule has 3 heterocycles. The van der Waals surface area contributed by atoms with Gasteiger partial charge >= 0.3 is 0 Å². The fourth-order valence-electron chi connectivity index (χ4n) is 4.10. The zero-order valence-electron chi connectivity index (χ0n) is 18.3. The van der Waals surface area contributed by atoms with Gasteiger partial charge in [-0.1, -0.05) is 0 Å². The number of morpholine rings is 1. The smallest absolute Gasteiger partial charge is 0.254 e. The molecular weight excluding hydrogens is 422 g/mol. The number of carbonyl (C=O) groups excluding carboxylic acids is 2. The van der Waals surface area contributed by atoms with Gasteiger partial charge in [-0.3, -0.25) is 9.59 Å². The normalized spacial score (nSPS) is 18.3. The van der Waals surface area contributed by atoms with Crippen molar-refractivity contribution >= 4 is 29.1 Å². The third-order valence-electron chi connectivity index (χ3n) is 5.85. The van der Waals surface area contributed by atoms with Gasteiger partial charge in [0.25, 0.3) is 11.8 Å². The van der Waals surface area contributed by atoms with Gasteiger partial charge in [0.2, 0.25) is 0 Å². The predicted molar refractivity (Wildman–Crippen MR) is 123 cm³/mol. The van der Waals surface area contributed by atoms with Crippen LogP contribution in [0.25, 0.3) is 0 Å². The monoisotopic (exact) mass is 449 g/mol. The summed E-state index contributed by atoms with van der Waals surface area (Å²) in [5, 5.41) is 14.9. The van der Waals surface area contributed by atoms with Crippen LogP contribution in [0.15, 0.2) is 36.4 Å². The molecule has 1 aromatic carbocycles. The molecular formula is C23H27N7O3. The van der Waals surface area contributed by atoms with Crippen LogP contribution in [0, 0.1) is 11.5 Å². The molecule has 1 aromatic heterocycles. The second kappa shape index (κ2) is 10.2. The largest absolute Gasteiger partial charge is 0.378 e. The van der Waals surface area contributed by atoms with Crippen molar-refractivity contribution in [2.75, 3.05) is 49.6 Å². The molecule has 10 nitrogen and oxygen atoms in total. The van der Waals surface area contributed by atoms with Crippen LogP contribution < -0.4 is 21.3 Å². The minimum Gasteiger partial charge on any atom is -0.378 e. The molecule has 4 rings (SSSR count). The van der Waals surface area contributed by atoms with Gasteiger partial charge in [-0.15, -0.1) is 0 Å². The Balaban J connectivity index is 1.51. The molecule has 172 valence electrons. The highest BCUT2D eigenvalue weighted by atomic mass is 16.5. The van der Waals surface area contributed by atoms with Crippen LogP contribution >= 0.6 is 0 Å². The quantitative estimate of drug-likeness (QED) is 0.445. The number of aromatic nitrogens is 1. The molecule has 1 atom stereocenters. The number of nitrogens with one attached hydrogen (secondary N) is 2. The highest BCUT2D eigenvalue weighted by molar-refractivity contribution is 5.99. The lowest BCUT2D eigenvalue weighted by molar-refractivity contribution is 0.0303. The lowest BCUT2D eigenvalue weighted by Gasteiger charge is -2.33. The number of nitrogens with zero attached hydrogens (tertiary/aromatic N) is 4. The molecule has 0 saturated carbocycles. The lowest BCUT2D eigenvalue weighted by atomic mass is 10.1. The van der Waals surface area contributed by atoms with Crippen molar-refractivity contribution in [3.05, 3.63) is 47.5 Å². The molecule has 33 heavy (non-hydrogen) atoms. The van der Waals surface area contributed by atoms with E-state index in [1.165, 1.54) is 0 Å². The topological polar surface area (TPSA) is 137 Å². The molecule has 2 saturated heterocycles. The van der Waals surface area contributed by atoms with E-state index in [-0.39, 0.29) is 17.5 Å². The number of amides is 2. The maximum absolute atomic E-state index is 12.7. The second-order valence-electron chi connectivity index (χ2n) is 8.08. The Kier molecular flexibility index (Phi) is 6.90. The number of benzene rings is 1. The average Bonchev–Trinajstić information content (AvgIpc) is 2.85. The fraction of sp³-hybridized carbons (Fsp3) is 0.391. The van der Waals surface area contributed by atoms with Crippen LogP contribution in [0.5, 0.6) is 0 Å². The second-order valence-corrected chi connectivity index (χ2v) is 8.08. The van der Waals surface area contributed by atoms with Gasteiger partial charge in [0.15, 0.2) is 6.19 Å². The SMILES string of the molecule is N#CNC1CCCN(c2ccc(C(N)=O)c(Nc3ccc(C(=O)N4CCOCC4)cc3)n2)C1. The Bertz CT molecular complexity index is 1050. The maximum Gasteiger partial charge on any atom is 0.254 e. The Labute approximate surface area is 192 Å². The number of ether oxygens (including phenoxy) is 1. The molecule has 2 aliphatic rings. The molecule has 2 aliphatic heterocycles. The fourth-order valence-corrected chi connectivity index (χ4v) is 4.10. The van der Waals surface area contributed by atoms with Crippen LogP contribution in [-0.2, 0) is 4.74 Å². The lowest BCUT2D eigenvalue weighted by Crippen LogP contribution is -2.44. The number of piperidine rings is 1. The van der Waals surface area contributed by atoms with Gasteiger partial charge in [-0.2, -0.15) is 5.26 Å². The van der Waals surface area contributed by atoms with E-state index in [4.69, 9.17) is 15.7 Å². The molecule has 10 heteroatoms. The molecule has 2 aromatic rings. The molecule has 0 radical (unpaired) electrons. The first-order valence-corrected chi connectivity index (χ1v) is 11.0. The van der Waals surface area contributed by atoms with Crippen LogP contribution in [0.3, 0.4) is 0 Å². The number of hydrogen-bond acceptors (Lipinski definition) is 8. The molecule has 4 N–H and O–H groups in total. The summed E-state index contributed by atoms with van der Waals surface area (Å²) in [7, 11) is 0. The zero-order chi connectivity index (χ0) is 23.2. The molecule has 2 amide bonds. The summed E-state index contributed by atoms with van der Waals surface area (Å²) in [5.41, 5.74) is 7.11. The first-order valence-electron chi connectivity index (χ1n) is 11.0. The highest BCUT2D eigenvalue weighted by Crippen LogP contribution is 2.25. The minimum absolute atomic E-state index is 0.0339. The molecule has 1 unspecified atom stereocenters. The number of primary amides is 1. The summed E-state index contributed by atoms with van der Waals surface area (Å²) in [6.07, 6.45) is 3.86. The predicted octanol–water partition coefficient (Wildman–Crippen LogP) is 1.44. The Morgan fingerprint density at radius 3 is 2.58 bits per heavy atom. The summed E-state index contributed by atoms with van der Waals surface area (Å²) in [5.74, 6) is 0.431. The van der Waals surface area contributed by atoms with Crippen molar-refractivity contribution < 1.29 is 14.3 Å². The number of anilines is 3. The average molecular weight is 450 g/mol. The summed E-state index contributed by atoms with van der Waals surface area (Å²) < 4.78 is 5.30. The van der Waals surface area contributed by atoms with E-state index in [2.05, 4.69) is 20.5 Å². The maximum atomic E-state index is 12.7. The number of hydrogen-bond donors (Lipinski definition) is 3. The van der Waals surface area contributed by atoms with Gasteiger partial charge in [0.1, 0.15) is 11.6 Å². The van der Waals surface area contributed by atoms with Gasteiger partial charge in [0.05, 0.1) is 24.8 Å². The number of nitrogens with two attached hydrogens (primary N) is 1. The van der Waals surface area contributed by atoms with Crippen molar-refractivity contribution in [2.24, 2.45) is 5.73 Å². The number of nitriles is 1. The molecule has 0 spiro atoms. The van der Waals surface area contributed by atoms with Gasteiger partial charge in [0, 0.05) is 37.4 Å². The van der Waals surface area contributed by atoms with Crippen LogP contribution in [0.1, 0.15) is 33.6 Å². The number of carbonyl (C=O) groups is 2. The summed E-state index contributed by atoms with van der Waals surface area (Å²) >= 11 is 0. The van der Waals surface area contributed by atoms with E-state index >= 15 is 0 Å². The minimum atomic E-state index is -0.585. The van der Waals surface area contributed by atoms with E-state index in [0.717, 1.165) is 19.4 Å². The standard InChI is InChI=1S/C23H27N7O3/c24-15-26-18-2-1-9-30(14-18)20-8-7-19(21(25)31)22(28-20)27-17-5-3-16(4-6-17)23(32)29-10-12-33-13-11-29/h3-8,18,26H,1-2,9-14H2,(H2,25,31)(H,27,28). The van der Waals surface area contributed by atoms with Crippen molar-refractivity contribution in [2.45, 2.75) is 18.9 Å². The summed E-state index contributed by atoms with van der Waals surface area (Å²) in [6.45, 7) is 3.72. The van der Waals surface area contributed by atoms with Crippen LogP contribution in [0.4, 0.5) is 17.3 Å². The van der Waals surface area contributed by atoms with Crippen LogP contribution in [-0.4, -0.2) is 67.1 Å². The van der Waals surface area contributed by atoms with E-state index in [9.17, 15) is 9.59 Å². The molecule has 2 fully saturated rings. The molecule has 0 aliphatic carbocycles. The third-order valence-corrected chi connectivity index (χ3v) is 5.85. The van der Waals surface area contributed by atoms with E-state index in [1.807, 2.05) is 6.19 Å². The first-order chi connectivity index (χ1) is 16.0. The number of rotatable bonds is 6. The Hall–Kier alpha value is -3.84. The van der Waals surface area contributed by atoms with Gasteiger partial charge in [-0.25, -0.2) is 4.98 Å². The van der Waals surface area contributed by atoms with E-state index < -0.39 is 5.91 Å². The van der Waals surface area contributed by atoms with Crippen molar-refractivity contribution in [3.8, 4) is 6.19 Å². The van der Waals surface area contributed by atoms with Gasteiger partial charge in [-0.05, 0) is 49.2 Å². The zero-order valence-corrected chi connectivity index (χ0v) is 18.3. The third kappa shape index (κ3) is 5.32. The Morgan fingerprint density at radius 2 is 1.88 bits per heavy atom. The summed E-state index contributed by atoms with van der Waals surface area (Å²) in [6, 6.07) is 10.5. The van der Waals surface area contributed by atoms with Crippen molar-refractivity contribution in [1.82, 2.24) is 15.2 Å². The van der Waals surface area contributed by atoms with E-state index in [1.54, 1.807) is 41.3 Å². The van der Waals surface area contributed by atoms with Crippen molar-refractivity contribution in [1.29, 1.82) is 5.26 Å². The number of pyridine rings is 1. The van der Waals surface area contributed by atoms with E-state index in [0.29, 0.717) is 55.7 Å². The summed E-state index contributed by atoms with van der Waals surface area (Å²) in [4.78, 5) is 33.1. The van der Waals surface area contributed by atoms with Crippen LogP contribution in [0.2, 0.25) is 0 Å². The highest BCUT2D eigenvalue weighted by Gasteiger charge is 2.22. The molecule has 0 bridgehead atoms. The van der Waals surface area contributed by atoms with Crippen molar-refractivity contribution in [3.63, 3.8) is 0 Å². The van der Waals surface area contributed by atoms with Gasteiger partial charge < -0.3 is 30.9 Å². The first kappa shape index (κ1) is 22.4. The Morgan fingerprint density at radius 1 is 1.12 bits per heavy atom.